The van der Waals surface area contributed by atoms with E-state index in [-0.39, 0.29) is 18.3 Å². The van der Waals surface area contributed by atoms with Crippen LogP contribution in [0.25, 0.3) is 10.9 Å². The second kappa shape index (κ2) is 8.52. The average molecular weight is 344 g/mol. The molecule has 1 aromatic heterocycles. The molecule has 0 aliphatic rings. The molecule has 4 nitrogen and oxygen atoms in total. The summed E-state index contributed by atoms with van der Waals surface area (Å²) in [5, 5.41) is 4.04. The van der Waals surface area contributed by atoms with Crippen LogP contribution < -0.4 is 11.1 Å². The second-order valence-corrected chi connectivity index (χ2v) is 5.70. The SMILES string of the molecule is Cl.N[C@@H](Cc1c[nH]c2ccccc12)C(=O)NCCc1ccccc1. The molecule has 3 aromatic rings. The van der Waals surface area contributed by atoms with Gasteiger partial charge in [0.2, 0.25) is 5.91 Å². The van der Waals surface area contributed by atoms with Gasteiger partial charge in [0, 0.05) is 23.6 Å². The summed E-state index contributed by atoms with van der Waals surface area (Å²) in [4.78, 5) is 15.4. The van der Waals surface area contributed by atoms with Crippen LogP contribution in [0.1, 0.15) is 11.1 Å². The molecular formula is C19H22ClN3O. The molecule has 2 aromatic carbocycles. The van der Waals surface area contributed by atoms with E-state index in [1.807, 2.05) is 48.7 Å². The summed E-state index contributed by atoms with van der Waals surface area (Å²) >= 11 is 0. The Labute approximate surface area is 147 Å². The molecule has 1 amide bonds. The van der Waals surface area contributed by atoms with Crippen molar-refractivity contribution in [3.8, 4) is 0 Å². The van der Waals surface area contributed by atoms with Crippen molar-refractivity contribution in [2.45, 2.75) is 18.9 Å². The maximum atomic E-state index is 12.1. The fraction of sp³-hybridized carbons (Fsp3) is 0.211. The highest BCUT2D eigenvalue weighted by molar-refractivity contribution is 5.86. The van der Waals surface area contributed by atoms with Gasteiger partial charge in [-0.15, -0.1) is 12.4 Å². The number of carbonyl (C=O) groups is 1. The Hall–Kier alpha value is -2.30. The third-order valence-electron chi connectivity index (χ3n) is 4.01. The number of halogens is 1. The molecule has 1 heterocycles. The summed E-state index contributed by atoms with van der Waals surface area (Å²) in [7, 11) is 0. The molecular weight excluding hydrogens is 322 g/mol. The highest BCUT2D eigenvalue weighted by Crippen LogP contribution is 2.18. The van der Waals surface area contributed by atoms with Crippen LogP contribution in [0.2, 0.25) is 0 Å². The number of amides is 1. The number of nitrogens with two attached hydrogens (primary N) is 1. The predicted molar refractivity (Wildman–Crippen MR) is 100 cm³/mol. The molecule has 24 heavy (non-hydrogen) atoms. The minimum absolute atomic E-state index is 0. The number of aromatic nitrogens is 1. The third kappa shape index (κ3) is 4.37. The van der Waals surface area contributed by atoms with E-state index >= 15 is 0 Å². The van der Waals surface area contributed by atoms with Crippen molar-refractivity contribution >= 4 is 29.2 Å². The minimum atomic E-state index is -0.537. The molecule has 0 fully saturated rings. The zero-order valence-electron chi connectivity index (χ0n) is 13.4. The standard InChI is InChI=1S/C19H21N3O.ClH/c20-17(12-15-13-22-18-9-5-4-8-16(15)18)19(23)21-11-10-14-6-2-1-3-7-14;/h1-9,13,17,22H,10-12,20H2,(H,21,23);1H/t17-;/m0./s1. The Balaban J connectivity index is 0.00000208. The average Bonchev–Trinajstić information content (AvgIpc) is 2.99. The molecule has 0 bridgehead atoms. The van der Waals surface area contributed by atoms with Gasteiger partial charge < -0.3 is 16.0 Å². The number of rotatable bonds is 6. The minimum Gasteiger partial charge on any atom is -0.361 e. The molecule has 0 aliphatic heterocycles. The van der Waals surface area contributed by atoms with Crippen molar-refractivity contribution < 1.29 is 4.79 Å². The van der Waals surface area contributed by atoms with Crippen LogP contribution in [0.5, 0.6) is 0 Å². The molecule has 0 spiro atoms. The number of benzene rings is 2. The van der Waals surface area contributed by atoms with Gasteiger partial charge in [0.05, 0.1) is 6.04 Å². The topological polar surface area (TPSA) is 70.9 Å². The molecule has 0 saturated heterocycles. The zero-order valence-corrected chi connectivity index (χ0v) is 14.2. The van der Waals surface area contributed by atoms with Crippen LogP contribution in [-0.2, 0) is 17.6 Å². The number of hydrogen-bond donors (Lipinski definition) is 3. The summed E-state index contributed by atoms with van der Waals surface area (Å²) < 4.78 is 0. The summed E-state index contributed by atoms with van der Waals surface area (Å²) in [5.74, 6) is -0.105. The molecule has 3 rings (SSSR count). The van der Waals surface area contributed by atoms with Crippen LogP contribution in [0, 0.1) is 0 Å². The van der Waals surface area contributed by atoms with Crippen molar-refractivity contribution in [1.82, 2.24) is 10.3 Å². The van der Waals surface area contributed by atoms with Gasteiger partial charge in [-0.05, 0) is 30.0 Å². The monoisotopic (exact) mass is 343 g/mol. The Kier molecular flexibility index (Phi) is 6.41. The van der Waals surface area contributed by atoms with Gasteiger partial charge >= 0.3 is 0 Å². The Morgan fingerprint density at radius 3 is 2.58 bits per heavy atom. The van der Waals surface area contributed by atoms with Crippen molar-refractivity contribution in [2.24, 2.45) is 5.73 Å². The van der Waals surface area contributed by atoms with Crippen LogP contribution in [0.15, 0.2) is 60.8 Å². The normalized spacial score (nSPS) is 11.7. The van der Waals surface area contributed by atoms with Crippen LogP contribution in [0.3, 0.4) is 0 Å². The van der Waals surface area contributed by atoms with Gasteiger partial charge in [0.25, 0.3) is 0 Å². The van der Waals surface area contributed by atoms with Gasteiger partial charge in [0.15, 0.2) is 0 Å². The van der Waals surface area contributed by atoms with E-state index in [9.17, 15) is 4.79 Å². The highest BCUT2D eigenvalue weighted by atomic mass is 35.5. The Morgan fingerprint density at radius 2 is 1.79 bits per heavy atom. The van der Waals surface area contributed by atoms with Gasteiger partial charge in [0.1, 0.15) is 0 Å². The van der Waals surface area contributed by atoms with Gasteiger partial charge in [-0.1, -0.05) is 48.5 Å². The Bertz CT molecular complexity index is 785. The highest BCUT2D eigenvalue weighted by Gasteiger charge is 2.15. The molecule has 0 unspecified atom stereocenters. The Morgan fingerprint density at radius 1 is 1.08 bits per heavy atom. The number of para-hydroxylation sites is 1. The van der Waals surface area contributed by atoms with Crippen molar-refractivity contribution in [1.29, 1.82) is 0 Å². The molecule has 4 N–H and O–H groups in total. The quantitative estimate of drug-likeness (QED) is 0.644. The number of aromatic amines is 1. The van der Waals surface area contributed by atoms with Crippen molar-refractivity contribution in [2.75, 3.05) is 6.54 Å². The van der Waals surface area contributed by atoms with Crippen LogP contribution >= 0.6 is 12.4 Å². The summed E-state index contributed by atoms with van der Waals surface area (Å²) in [5.41, 5.74) is 9.40. The first kappa shape index (κ1) is 18.0. The fourth-order valence-electron chi connectivity index (χ4n) is 2.74. The van der Waals surface area contributed by atoms with Crippen LogP contribution in [0.4, 0.5) is 0 Å². The summed E-state index contributed by atoms with van der Waals surface area (Å²) in [6, 6.07) is 17.6. The number of carbonyl (C=O) groups excluding carboxylic acids is 1. The lowest BCUT2D eigenvalue weighted by molar-refractivity contribution is -0.122. The molecule has 0 saturated carbocycles. The summed E-state index contributed by atoms with van der Waals surface area (Å²) in [6.07, 6.45) is 3.27. The van der Waals surface area contributed by atoms with E-state index in [0.29, 0.717) is 13.0 Å². The van der Waals surface area contributed by atoms with E-state index < -0.39 is 6.04 Å². The number of nitrogens with one attached hydrogen (secondary N) is 2. The number of hydrogen-bond acceptors (Lipinski definition) is 2. The first-order valence-corrected chi connectivity index (χ1v) is 7.86. The maximum absolute atomic E-state index is 12.1. The smallest absolute Gasteiger partial charge is 0.237 e. The lowest BCUT2D eigenvalue weighted by atomic mass is 10.0. The van der Waals surface area contributed by atoms with E-state index in [2.05, 4.69) is 22.4 Å². The molecule has 0 radical (unpaired) electrons. The van der Waals surface area contributed by atoms with Gasteiger partial charge in [-0.25, -0.2) is 0 Å². The van der Waals surface area contributed by atoms with Gasteiger partial charge in [-0.3, -0.25) is 4.79 Å². The lowest BCUT2D eigenvalue weighted by Gasteiger charge is -2.12. The van der Waals surface area contributed by atoms with Crippen molar-refractivity contribution in [3.05, 3.63) is 71.9 Å². The van der Waals surface area contributed by atoms with Crippen LogP contribution in [-0.4, -0.2) is 23.5 Å². The summed E-state index contributed by atoms with van der Waals surface area (Å²) in [6.45, 7) is 0.602. The second-order valence-electron chi connectivity index (χ2n) is 5.70. The molecule has 5 heteroatoms. The fourth-order valence-corrected chi connectivity index (χ4v) is 2.74. The largest absolute Gasteiger partial charge is 0.361 e. The zero-order chi connectivity index (χ0) is 16.1. The maximum Gasteiger partial charge on any atom is 0.237 e. The molecule has 1 atom stereocenters. The van der Waals surface area contributed by atoms with E-state index in [1.54, 1.807) is 0 Å². The first-order chi connectivity index (χ1) is 11.2. The first-order valence-electron chi connectivity index (χ1n) is 7.86. The van der Waals surface area contributed by atoms with E-state index in [4.69, 9.17) is 5.73 Å². The number of H-pyrrole nitrogens is 1. The van der Waals surface area contributed by atoms with E-state index in [1.165, 1.54) is 5.56 Å². The number of fused-ring (bicyclic) bond motifs is 1. The van der Waals surface area contributed by atoms with Crippen molar-refractivity contribution in [3.63, 3.8) is 0 Å². The molecule has 0 aliphatic carbocycles. The third-order valence-corrected chi connectivity index (χ3v) is 4.01. The van der Waals surface area contributed by atoms with Gasteiger partial charge in [-0.2, -0.15) is 0 Å². The molecule has 126 valence electrons. The van der Waals surface area contributed by atoms with E-state index in [0.717, 1.165) is 22.9 Å². The predicted octanol–water partition coefficient (Wildman–Crippen LogP) is 2.82. The lowest BCUT2D eigenvalue weighted by Crippen LogP contribution is -2.42.